The first-order chi connectivity index (χ1) is 7.07. The van der Waals surface area contributed by atoms with Gasteiger partial charge in [0.15, 0.2) is 0 Å². The Bertz CT molecular complexity index is 237. The molecule has 1 saturated heterocycles. The molecule has 15 heavy (non-hydrogen) atoms. The second-order valence-electron chi connectivity index (χ2n) is 6.01. The Hall–Kier alpha value is -0.370. The minimum atomic E-state index is 0.475. The maximum absolute atomic E-state index is 11.2. The molecule has 0 aromatic rings. The van der Waals surface area contributed by atoms with E-state index < -0.39 is 0 Å². The van der Waals surface area contributed by atoms with Crippen molar-refractivity contribution in [3.8, 4) is 0 Å². The van der Waals surface area contributed by atoms with Crippen LogP contribution < -0.4 is 0 Å². The number of ketones is 1. The van der Waals surface area contributed by atoms with Gasteiger partial charge in [0.2, 0.25) is 0 Å². The quantitative estimate of drug-likeness (QED) is 0.661. The highest BCUT2D eigenvalue weighted by Gasteiger charge is 2.32. The van der Waals surface area contributed by atoms with E-state index in [1.807, 2.05) is 0 Å². The number of nitrogens with zero attached hydrogens (tertiary/aromatic N) is 1. The second-order valence-corrected chi connectivity index (χ2v) is 6.01. The van der Waals surface area contributed by atoms with Gasteiger partial charge in [0.25, 0.3) is 0 Å². The average Bonchev–Trinajstić information content (AvgIpc) is 2.17. The third kappa shape index (κ3) is 2.81. The highest BCUT2D eigenvalue weighted by Crippen LogP contribution is 2.32. The lowest BCUT2D eigenvalue weighted by molar-refractivity contribution is -0.121. The Morgan fingerprint density at radius 2 is 1.93 bits per heavy atom. The fraction of sp³-hybridized carbons (Fsp3) is 0.923. The molecule has 1 saturated carbocycles. The van der Waals surface area contributed by atoms with E-state index >= 15 is 0 Å². The summed E-state index contributed by atoms with van der Waals surface area (Å²) in [6.07, 6.45) is 6.54. The molecule has 0 aromatic carbocycles. The molecule has 0 N–H and O–H groups in total. The maximum Gasteiger partial charge on any atom is 0.133 e. The van der Waals surface area contributed by atoms with Crippen molar-refractivity contribution in [3.63, 3.8) is 0 Å². The molecule has 0 radical (unpaired) electrons. The molecule has 0 spiro atoms. The third-order valence-corrected chi connectivity index (χ3v) is 3.96. The van der Waals surface area contributed by atoms with Crippen LogP contribution in [0.3, 0.4) is 0 Å². The van der Waals surface area contributed by atoms with E-state index in [2.05, 4.69) is 18.7 Å². The monoisotopic (exact) mass is 209 g/mol. The summed E-state index contributed by atoms with van der Waals surface area (Å²) in [5.74, 6) is 0.475. The van der Waals surface area contributed by atoms with Gasteiger partial charge in [-0.25, -0.2) is 0 Å². The van der Waals surface area contributed by atoms with Crippen LogP contribution in [0.25, 0.3) is 0 Å². The Morgan fingerprint density at radius 1 is 1.27 bits per heavy atom. The Morgan fingerprint density at radius 3 is 2.53 bits per heavy atom. The van der Waals surface area contributed by atoms with Crippen LogP contribution in [-0.4, -0.2) is 29.8 Å². The normalized spacial score (nSPS) is 29.3. The molecule has 1 aliphatic carbocycles. The van der Waals surface area contributed by atoms with Crippen molar-refractivity contribution in [2.24, 2.45) is 5.41 Å². The molecule has 2 fully saturated rings. The minimum absolute atomic E-state index is 0.475. The Labute approximate surface area is 93.0 Å². The van der Waals surface area contributed by atoms with Crippen molar-refractivity contribution < 1.29 is 4.79 Å². The van der Waals surface area contributed by atoms with Gasteiger partial charge < -0.3 is 0 Å². The first kappa shape index (κ1) is 11.1. The number of piperidine rings is 1. The van der Waals surface area contributed by atoms with Crippen LogP contribution in [0, 0.1) is 5.41 Å². The van der Waals surface area contributed by atoms with Gasteiger partial charge in [-0.15, -0.1) is 0 Å². The van der Waals surface area contributed by atoms with Crippen molar-refractivity contribution >= 4 is 5.78 Å². The van der Waals surface area contributed by atoms with Crippen molar-refractivity contribution in [1.82, 2.24) is 4.90 Å². The third-order valence-electron chi connectivity index (χ3n) is 3.96. The summed E-state index contributed by atoms with van der Waals surface area (Å²) in [4.78, 5) is 13.8. The molecule has 0 amide bonds. The molecule has 1 heterocycles. The summed E-state index contributed by atoms with van der Waals surface area (Å²) >= 11 is 0. The molecule has 86 valence electrons. The van der Waals surface area contributed by atoms with Crippen molar-refractivity contribution in [1.29, 1.82) is 0 Å². The van der Waals surface area contributed by atoms with Crippen LogP contribution in [0.5, 0.6) is 0 Å². The summed E-state index contributed by atoms with van der Waals surface area (Å²) in [6.45, 7) is 7.22. The molecule has 2 aliphatic rings. The van der Waals surface area contributed by atoms with Crippen LogP contribution in [-0.2, 0) is 4.79 Å². The smallest absolute Gasteiger partial charge is 0.133 e. The van der Waals surface area contributed by atoms with Crippen molar-refractivity contribution in [3.05, 3.63) is 0 Å². The SMILES string of the molecule is CC1(C)CCCN(C2CCC(=O)CC2)C1. The topological polar surface area (TPSA) is 20.3 Å². The summed E-state index contributed by atoms with van der Waals surface area (Å²) in [6, 6.07) is 0.697. The van der Waals surface area contributed by atoms with Crippen molar-refractivity contribution in [2.45, 2.75) is 58.4 Å². The molecular formula is C13H23NO. The Balaban J connectivity index is 1.90. The highest BCUT2D eigenvalue weighted by atomic mass is 16.1. The molecule has 1 aliphatic heterocycles. The molecule has 2 rings (SSSR count). The molecule has 0 unspecified atom stereocenters. The number of rotatable bonds is 1. The fourth-order valence-electron chi connectivity index (χ4n) is 3.07. The van der Waals surface area contributed by atoms with E-state index in [1.165, 1.54) is 25.9 Å². The van der Waals surface area contributed by atoms with E-state index in [-0.39, 0.29) is 0 Å². The van der Waals surface area contributed by atoms with E-state index in [1.54, 1.807) is 0 Å². The van der Waals surface area contributed by atoms with Gasteiger partial charge in [-0.2, -0.15) is 0 Å². The molecular weight excluding hydrogens is 186 g/mol. The molecule has 2 heteroatoms. The highest BCUT2D eigenvalue weighted by molar-refractivity contribution is 5.79. The molecule has 0 bridgehead atoms. The van der Waals surface area contributed by atoms with Gasteiger partial charge in [-0.1, -0.05) is 13.8 Å². The number of Topliss-reactive ketones (excluding diaryl/α,β-unsaturated/α-hetero) is 1. The zero-order valence-electron chi connectivity index (χ0n) is 10.1. The first-order valence-electron chi connectivity index (χ1n) is 6.33. The van der Waals surface area contributed by atoms with Crippen LogP contribution in [0.15, 0.2) is 0 Å². The van der Waals surface area contributed by atoms with E-state index in [9.17, 15) is 4.79 Å². The lowest BCUT2D eigenvalue weighted by Crippen LogP contribution is -2.47. The van der Waals surface area contributed by atoms with Crippen LogP contribution in [0.4, 0.5) is 0 Å². The molecule has 0 aromatic heterocycles. The van der Waals surface area contributed by atoms with Gasteiger partial charge in [0.1, 0.15) is 5.78 Å². The number of hydrogen-bond donors (Lipinski definition) is 0. The second kappa shape index (κ2) is 4.25. The van der Waals surface area contributed by atoms with Gasteiger partial charge >= 0.3 is 0 Å². The zero-order chi connectivity index (χ0) is 10.9. The standard InChI is InChI=1S/C13H23NO/c1-13(2)8-3-9-14(10-13)11-4-6-12(15)7-5-11/h11H,3-10H2,1-2H3. The van der Waals surface area contributed by atoms with Gasteiger partial charge in [-0.05, 0) is 37.6 Å². The number of likely N-dealkylation sites (tertiary alicyclic amines) is 1. The summed E-state index contributed by atoms with van der Waals surface area (Å²) in [7, 11) is 0. The van der Waals surface area contributed by atoms with Crippen LogP contribution in [0.1, 0.15) is 52.4 Å². The van der Waals surface area contributed by atoms with Crippen LogP contribution >= 0.6 is 0 Å². The molecule has 0 atom stereocenters. The average molecular weight is 209 g/mol. The largest absolute Gasteiger partial charge is 0.300 e. The lowest BCUT2D eigenvalue weighted by Gasteiger charge is -2.43. The number of hydrogen-bond acceptors (Lipinski definition) is 2. The number of carbonyl (C=O) groups is 1. The fourth-order valence-corrected chi connectivity index (χ4v) is 3.07. The molecule has 2 nitrogen and oxygen atoms in total. The summed E-state index contributed by atoms with van der Waals surface area (Å²) < 4.78 is 0. The van der Waals surface area contributed by atoms with Gasteiger partial charge in [-0.3, -0.25) is 9.69 Å². The van der Waals surface area contributed by atoms with Crippen molar-refractivity contribution in [2.75, 3.05) is 13.1 Å². The van der Waals surface area contributed by atoms with Gasteiger partial charge in [0.05, 0.1) is 0 Å². The van der Waals surface area contributed by atoms with Gasteiger partial charge in [0, 0.05) is 25.4 Å². The first-order valence-corrected chi connectivity index (χ1v) is 6.33. The lowest BCUT2D eigenvalue weighted by atomic mass is 9.82. The van der Waals surface area contributed by atoms with Crippen LogP contribution in [0.2, 0.25) is 0 Å². The maximum atomic E-state index is 11.2. The summed E-state index contributed by atoms with van der Waals surface area (Å²) in [5.41, 5.74) is 0.486. The van der Waals surface area contributed by atoms with E-state index in [4.69, 9.17) is 0 Å². The zero-order valence-corrected chi connectivity index (χ0v) is 10.1. The summed E-state index contributed by atoms with van der Waals surface area (Å²) in [5, 5.41) is 0. The Kier molecular flexibility index (Phi) is 3.15. The van der Waals surface area contributed by atoms with E-state index in [0.717, 1.165) is 25.7 Å². The number of carbonyl (C=O) groups excluding carboxylic acids is 1. The predicted octanol–water partition coefficient (Wildman–Crippen LogP) is 2.62. The minimum Gasteiger partial charge on any atom is -0.300 e. The predicted molar refractivity (Wildman–Crippen MR) is 61.9 cm³/mol. The van der Waals surface area contributed by atoms with E-state index in [0.29, 0.717) is 17.2 Å².